The van der Waals surface area contributed by atoms with Gasteiger partial charge >= 0.3 is 7.12 Å². The van der Waals surface area contributed by atoms with Crippen LogP contribution in [0.2, 0.25) is 0 Å². The first-order chi connectivity index (χ1) is 5.89. The average Bonchev–Trinajstić information content (AvgIpc) is 2.25. The minimum absolute atomic E-state index is 0.230. The van der Waals surface area contributed by atoms with Crippen molar-refractivity contribution in [3.05, 3.63) is 25.7 Å². The molecule has 3 heteroatoms. The Morgan fingerprint density at radius 3 is 1.46 bits per heavy atom. The van der Waals surface area contributed by atoms with Crippen molar-refractivity contribution in [3.63, 3.8) is 0 Å². The van der Waals surface area contributed by atoms with Gasteiger partial charge in [0, 0.05) is 0 Å². The van der Waals surface area contributed by atoms with E-state index in [9.17, 15) is 0 Å². The highest BCUT2D eigenvalue weighted by atomic mass is 16.7. The van der Waals surface area contributed by atoms with E-state index in [1.807, 2.05) is 27.7 Å². The van der Waals surface area contributed by atoms with E-state index in [1.54, 1.807) is 5.98 Å². The molecule has 0 saturated carbocycles. The molecule has 0 aromatic heterocycles. The van der Waals surface area contributed by atoms with Crippen molar-refractivity contribution >= 4 is 7.12 Å². The molecule has 1 rings (SSSR count). The summed E-state index contributed by atoms with van der Waals surface area (Å²) in [4.78, 5) is 0. The molecule has 1 heterocycles. The third kappa shape index (κ3) is 2.45. The van der Waals surface area contributed by atoms with Crippen LogP contribution in [0, 0.1) is 0 Å². The lowest BCUT2D eigenvalue weighted by Gasteiger charge is -2.32. The largest absolute Gasteiger partial charge is 0.486 e. The van der Waals surface area contributed by atoms with Crippen LogP contribution in [0.5, 0.6) is 0 Å². The molecule has 0 spiro atoms. The lowest BCUT2D eigenvalue weighted by Crippen LogP contribution is -2.41. The van der Waals surface area contributed by atoms with Crippen molar-refractivity contribution in [2.75, 3.05) is 0 Å². The molecule has 74 valence electrons. The molecular formula is C10H19BO2. The highest BCUT2D eigenvalue weighted by Crippen LogP contribution is 2.36. The normalized spacial score (nSPS) is 23.2. The van der Waals surface area contributed by atoms with Gasteiger partial charge in [0.15, 0.2) is 0 Å². The Labute approximate surface area is 81.8 Å². The highest BCUT2D eigenvalue weighted by Gasteiger charge is 2.49. The van der Waals surface area contributed by atoms with Crippen LogP contribution in [0.1, 0.15) is 27.7 Å². The van der Waals surface area contributed by atoms with Gasteiger partial charge in [0.1, 0.15) is 0 Å². The van der Waals surface area contributed by atoms with Gasteiger partial charge in [-0.15, -0.1) is 19.7 Å². The second-order valence-corrected chi connectivity index (χ2v) is 3.86. The van der Waals surface area contributed by atoms with E-state index in [1.165, 1.54) is 0 Å². The van der Waals surface area contributed by atoms with E-state index in [0.29, 0.717) is 0 Å². The van der Waals surface area contributed by atoms with E-state index >= 15 is 0 Å². The maximum atomic E-state index is 5.57. The summed E-state index contributed by atoms with van der Waals surface area (Å²) < 4.78 is 11.1. The monoisotopic (exact) mass is 182 g/mol. The van der Waals surface area contributed by atoms with Crippen LogP contribution in [0.15, 0.2) is 25.7 Å². The first-order valence-electron chi connectivity index (χ1n) is 4.37. The second-order valence-electron chi connectivity index (χ2n) is 3.86. The topological polar surface area (TPSA) is 18.5 Å². The van der Waals surface area contributed by atoms with Gasteiger partial charge in [-0.2, -0.15) is 0 Å². The van der Waals surface area contributed by atoms with E-state index in [4.69, 9.17) is 9.31 Å². The summed E-state index contributed by atoms with van der Waals surface area (Å²) in [7, 11) is -0.250. The van der Waals surface area contributed by atoms with E-state index in [2.05, 4.69) is 19.7 Å². The van der Waals surface area contributed by atoms with Gasteiger partial charge in [-0.3, -0.25) is 0 Å². The third-order valence-electron chi connectivity index (χ3n) is 2.46. The molecule has 1 fully saturated rings. The summed E-state index contributed by atoms with van der Waals surface area (Å²) in [5, 5.41) is 0. The van der Waals surface area contributed by atoms with Crippen molar-refractivity contribution in [3.8, 4) is 0 Å². The van der Waals surface area contributed by atoms with Gasteiger partial charge in [-0.25, -0.2) is 0 Å². The summed E-state index contributed by atoms with van der Waals surface area (Å²) in [6.07, 6.45) is 0. The molecule has 0 unspecified atom stereocenters. The van der Waals surface area contributed by atoms with Crippen molar-refractivity contribution < 1.29 is 9.31 Å². The molecule has 0 aromatic rings. The van der Waals surface area contributed by atoms with Crippen LogP contribution in [0.3, 0.4) is 0 Å². The fraction of sp³-hybridized carbons (Fsp3) is 0.600. The first-order valence-corrected chi connectivity index (χ1v) is 4.37. The van der Waals surface area contributed by atoms with Crippen LogP contribution in [-0.2, 0) is 9.31 Å². The predicted octanol–water partition coefficient (Wildman–Crippen LogP) is 2.61. The van der Waals surface area contributed by atoms with Crippen molar-refractivity contribution in [1.82, 2.24) is 0 Å². The fourth-order valence-corrected chi connectivity index (χ4v) is 0.985. The predicted molar refractivity (Wildman–Crippen MR) is 57.5 cm³/mol. The van der Waals surface area contributed by atoms with Crippen LogP contribution < -0.4 is 0 Å². The van der Waals surface area contributed by atoms with Crippen molar-refractivity contribution in [2.45, 2.75) is 38.9 Å². The zero-order valence-corrected chi connectivity index (χ0v) is 9.09. The van der Waals surface area contributed by atoms with Crippen molar-refractivity contribution in [1.29, 1.82) is 0 Å². The number of hydrogen-bond donors (Lipinski definition) is 0. The molecule has 0 amide bonds. The lowest BCUT2D eigenvalue weighted by atomic mass is 9.90. The maximum Gasteiger partial charge on any atom is 0.486 e. The zero-order chi connectivity index (χ0) is 10.7. The third-order valence-corrected chi connectivity index (χ3v) is 2.46. The van der Waals surface area contributed by atoms with Gasteiger partial charge in [0.2, 0.25) is 0 Å². The SMILES string of the molecule is C=C.C=CB1OC(C)(C)C(C)(C)O1. The van der Waals surface area contributed by atoms with Gasteiger partial charge < -0.3 is 9.31 Å². The molecule has 0 radical (unpaired) electrons. The van der Waals surface area contributed by atoms with Crippen LogP contribution >= 0.6 is 0 Å². The van der Waals surface area contributed by atoms with Gasteiger partial charge in [-0.05, 0) is 27.7 Å². The molecule has 1 aliphatic heterocycles. The standard InChI is InChI=1S/C8H15BO2.C2H4/c1-6-9-10-7(2,3)8(4,5)11-9;1-2/h6H,1H2,2-5H3;1-2H2. The molecule has 0 N–H and O–H groups in total. The minimum atomic E-state index is -0.250. The van der Waals surface area contributed by atoms with E-state index in [-0.39, 0.29) is 18.3 Å². The fourth-order valence-electron chi connectivity index (χ4n) is 0.985. The molecule has 0 aromatic carbocycles. The van der Waals surface area contributed by atoms with Gasteiger partial charge in [-0.1, -0.05) is 5.98 Å². The molecule has 0 atom stereocenters. The molecule has 0 aliphatic carbocycles. The Morgan fingerprint density at radius 1 is 1.00 bits per heavy atom. The minimum Gasteiger partial charge on any atom is -0.400 e. The van der Waals surface area contributed by atoms with Gasteiger partial charge in [0.05, 0.1) is 11.2 Å². The lowest BCUT2D eigenvalue weighted by molar-refractivity contribution is 0.00578. The summed E-state index contributed by atoms with van der Waals surface area (Å²) in [5.74, 6) is 1.68. The summed E-state index contributed by atoms with van der Waals surface area (Å²) in [5.41, 5.74) is -0.461. The summed E-state index contributed by atoms with van der Waals surface area (Å²) >= 11 is 0. The Hall–Kier alpha value is -0.535. The Balaban J connectivity index is 0.000000671. The zero-order valence-electron chi connectivity index (χ0n) is 9.09. The average molecular weight is 182 g/mol. The van der Waals surface area contributed by atoms with Crippen LogP contribution in [0.4, 0.5) is 0 Å². The Morgan fingerprint density at radius 2 is 1.31 bits per heavy atom. The van der Waals surface area contributed by atoms with Crippen molar-refractivity contribution in [2.24, 2.45) is 0 Å². The number of hydrogen-bond acceptors (Lipinski definition) is 2. The molecule has 1 saturated heterocycles. The molecular weight excluding hydrogens is 163 g/mol. The summed E-state index contributed by atoms with van der Waals surface area (Å²) in [6, 6.07) is 0. The second kappa shape index (κ2) is 4.12. The number of rotatable bonds is 1. The van der Waals surface area contributed by atoms with E-state index < -0.39 is 0 Å². The first kappa shape index (κ1) is 12.5. The summed E-state index contributed by atoms with van der Waals surface area (Å²) in [6.45, 7) is 17.7. The van der Waals surface area contributed by atoms with Crippen LogP contribution in [0.25, 0.3) is 0 Å². The van der Waals surface area contributed by atoms with E-state index in [0.717, 1.165) is 0 Å². The Kier molecular flexibility index (Phi) is 3.95. The van der Waals surface area contributed by atoms with Gasteiger partial charge in [0.25, 0.3) is 0 Å². The quantitative estimate of drug-likeness (QED) is 0.458. The smallest absolute Gasteiger partial charge is 0.400 e. The van der Waals surface area contributed by atoms with Crippen LogP contribution in [-0.4, -0.2) is 18.3 Å². The highest BCUT2D eigenvalue weighted by molar-refractivity contribution is 6.51. The molecule has 2 nitrogen and oxygen atoms in total. The molecule has 1 aliphatic rings. The maximum absolute atomic E-state index is 5.57. The molecule has 13 heavy (non-hydrogen) atoms. The Bertz CT molecular complexity index is 171. The molecule has 0 bridgehead atoms.